The first-order chi connectivity index (χ1) is 13.5. The summed E-state index contributed by atoms with van der Waals surface area (Å²) in [6, 6.07) is 7.06. The summed E-state index contributed by atoms with van der Waals surface area (Å²) in [6.45, 7) is 7.50. The fourth-order valence-electron chi connectivity index (χ4n) is 3.32. The van der Waals surface area contributed by atoms with Crippen molar-refractivity contribution in [2.45, 2.75) is 39.0 Å². The molecule has 0 radical (unpaired) electrons. The molecule has 0 saturated carbocycles. The Hall–Kier alpha value is -2.22. The number of aromatic nitrogens is 2. The van der Waals surface area contributed by atoms with Crippen molar-refractivity contribution in [1.29, 1.82) is 0 Å². The smallest absolute Gasteiger partial charge is 0.162 e. The zero-order chi connectivity index (χ0) is 19.9. The lowest BCUT2D eigenvalue weighted by Crippen LogP contribution is -2.47. The van der Waals surface area contributed by atoms with Gasteiger partial charge in [0.25, 0.3) is 0 Å². The second kappa shape index (κ2) is 9.82. The van der Waals surface area contributed by atoms with Crippen molar-refractivity contribution >= 4 is 5.78 Å². The number of ketones is 1. The summed E-state index contributed by atoms with van der Waals surface area (Å²) in [7, 11) is 0. The van der Waals surface area contributed by atoms with E-state index in [1.165, 1.54) is 0 Å². The van der Waals surface area contributed by atoms with Crippen LogP contribution in [0.25, 0.3) is 0 Å². The van der Waals surface area contributed by atoms with Crippen LogP contribution in [0.5, 0.6) is 5.75 Å². The molecule has 0 amide bonds. The van der Waals surface area contributed by atoms with Crippen LogP contribution in [0.1, 0.15) is 29.3 Å². The second-order valence-corrected chi connectivity index (χ2v) is 7.26. The second-order valence-electron chi connectivity index (χ2n) is 7.26. The summed E-state index contributed by atoms with van der Waals surface area (Å²) in [5.74, 6) is 0.763. The van der Waals surface area contributed by atoms with E-state index in [1.807, 2.05) is 30.9 Å². The van der Waals surface area contributed by atoms with Gasteiger partial charge in [-0.1, -0.05) is 6.92 Å². The maximum atomic E-state index is 11.7. The van der Waals surface area contributed by atoms with Gasteiger partial charge in [0.15, 0.2) is 5.78 Å². The number of aliphatic hydroxyl groups is 1. The van der Waals surface area contributed by atoms with Crippen molar-refractivity contribution in [2.24, 2.45) is 0 Å². The number of carbonyl (C=O) groups excluding carboxylic acids is 1. The first kappa shape index (κ1) is 20.5. The van der Waals surface area contributed by atoms with Crippen molar-refractivity contribution in [3.63, 3.8) is 0 Å². The maximum absolute atomic E-state index is 11.7. The maximum Gasteiger partial charge on any atom is 0.162 e. The van der Waals surface area contributed by atoms with E-state index < -0.39 is 6.10 Å². The molecule has 0 spiro atoms. The van der Waals surface area contributed by atoms with Gasteiger partial charge in [-0.25, -0.2) is 0 Å². The Bertz CT molecular complexity index is 759. The van der Waals surface area contributed by atoms with Crippen molar-refractivity contribution in [1.82, 2.24) is 14.7 Å². The quantitative estimate of drug-likeness (QED) is 0.663. The number of hydrogen-bond donors (Lipinski definition) is 1. The summed E-state index contributed by atoms with van der Waals surface area (Å²) in [6.07, 6.45) is 3.79. The molecule has 152 valence electrons. The lowest BCUT2D eigenvalue weighted by atomic mass is 10.1. The van der Waals surface area contributed by atoms with Crippen molar-refractivity contribution in [3.05, 3.63) is 47.8 Å². The Kier molecular flexibility index (Phi) is 7.19. The molecule has 1 aliphatic heterocycles. The Morgan fingerprint density at radius 3 is 2.86 bits per heavy atom. The van der Waals surface area contributed by atoms with Gasteiger partial charge in [0.2, 0.25) is 0 Å². The van der Waals surface area contributed by atoms with E-state index in [0.29, 0.717) is 37.4 Å². The van der Waals surface area contributed by atoms with Crippen LogP contribution in [-0.2, 0) is 11.3 Å². The zero-order valence-corrected chi connectivity index (χ0v) is 16.6. The minimum atomic E-state index is -0.595. The SMILES string of the molecule is CCC(=O)c1ccc(OCC(O)CN2CCOC(Cn3cc(C)cn3)C2)cc1. The molecule has 1 fully saturated rings. The number of Topliss-reactive ketones (excluding diaryl/α,β-unsaturated/α-hetero) is 1. The van der Waals surface area contributed by atoms with Crippen LogP contribution in [0.3, 0.4) is 0 Å². The lowest BCUT2D eigenvalue weighted by molar-refractivity contribution is -0.0517. The molecular weight excluding hydrogens is 358 g/mol. The Balaban J connectivity index is 1.42. The summed E-state index contributed by atoms with van der Waals surface area (Å²) >= 11 is 0. The topological polar surface area (TPSA) is 76.8 Å². The number of benzene rings is 1. The van der Waals surface area contributed by atoms with Crippen molar-refractivity contribution < 1.29 is 19.4 Å². The summed E-state index contributed by atoms with van der Waals surface area (Å²) in [4.78, 5) is 13.8. The summed E-state index contributed by atoms with van der Waals surface area (Å²) < 4.78 is 13.4. The molecule has 7 nitrogen and oxygen atoms in total. The molecule has 1 saturated heterocycles. The van der Waals surface area contributed by atoms with E-state index in [9.17, 15) is 9.90 Å². The first-order valence-corrected chi connectivity index (χ1v) is 9.80. The highest BCUT2D eigenvalue weighted by atomic mass is 16.5. The normalized spacial score (nSPS) is 18.8. The predicted molar refractivity (Wildman–Crippen MR) is 106 cm³/mol. The number of rotatable bonds is 9. The third-order valence-corrected chi connectivity index (χ3v) is 4.78. The van der Waals surface area contributed by atoms with Gasteiger partial charge in [-0.2, -0.15) is 5.10 Å². The number of ether oxygens (including phenoxy) is 2. The monoisotopic (exact) mass is 387 g/mol. The highest BCUT2D eigenvalue weighted by Crippen LogP contribution is 2.14. The molecule has 2 heterocycles. The standard InChI is InChI=1S/C21H29N3O4/c1-3-21(26)17-4-6-19(7-5-17)28-15-18(25)12-23-8-9-27-20(13-23)14-24-11-16(2)10-22-24/h4-7,10-11,18,20,25H,3,8-9,12-15H2,1-2H3. The van der Waals surface area contributed by atoms with Gasteiger partial charge < -0.3 is 14.6 Å². The molecule has 28 heavy (non-hydrogen) atoms. The van der Waals surface area contributed by atoms with Gasteiger partial charge in [0, 0.05) is 37.8 Å². The average Bonchev–Trinajstić information content (AvgIpc) is 3.11. The van der Waals surface area contributed by atoms with Crippen molar-refractivity contribution in [2.75, 3.05) is 32.8 Å². The highest BCUT2D eigenvalue weighted by Gasteiger charge is 2.23. The third-order valence-electron chi connectivity index (χ3n) is 4.78. The van der Waals surface area contributed by atoms with Gasteiger partial charge >= 0.3 is 0 Å². The van der Waals surface area contributed by atoms with Crippen LogP contribution in [0.2, 0.25) is 0 Å². The van der Waals surface area contributed by atoms with Crippen LogP contribution in [0, 0.1) is 6.92 Å². The van der Waals surface area contributed by atoms with Gasteiger partial charge in [0.05, 0.1) is 25.5 Å². The van der Waals surface area contributed by atoms with E-state index in [-0.39, 0.29) is 18.5 Å². The fraction of sp³-hybridized carbons (Fsp3) is 0.524. The molecule has 2 unspecified atom stereocenters. The average molecular weight is 387 g/mol. The first-order valence-electron chi connectivity index (χ1n) is 9.80. The Morgan fingerprint density at radius 2 is 2.18 bits per heavy atom. The number of aliphatic hydroxyl groups excluding tert-OH is 1. The van der Waals surface area contributed by atoms with E-state index >= 15 is 0 Å². The molecule has 2 atom stereocenters. The molecule has 1 N–H and O–H groups in total. The zero-order valence-electron chi connectivity index (χ0n) is 16.6. The minimum Gasteiger partial charge on any atom is -0.491 e. The molecule has 7 heteroatoms. The van der Waals surface area contributed by atoms with Gasteiger partial charge in [-0.15, -0.1) is 0 Å². The van der Waals surface area contributed by atoms with Crippen LogP contribution in [0.15, 0.2) is 36.7 Å². The van der Waals surface area contributed by atoms with Gasteiger partial charge in [0.1, 0.15) is 18.5 Å². The van der Waals surface area contributed by atoms with Crippen LogP contribution in [-0.4, -0.2) is 70.6 Å². The van der Waals surface area contributed by atoms with Gasteiger partial charge in [-0.3, -0.25) is 14.4 Å². The van der Waals surface area contributed by atoms with E-state index in [1.54, 1.807) is 24.3 Å². The number of aryl methyl sites for hydroxylation is 1. The van der Waals surface area contributed by atoms with E-state index in [2.05, 4.69) is 10.00 Å². The highest BCUT2D eigenvalue weighted by molar-refractivity contribution is 5.95. The molecule has 3 rings (SSSR count). The molecule has 0 aliphatic carbocycles. The predicted octanol–water partition coefficient (Wildman–Crippen LogP) is 1.92. The molecular formula is C21H29N3O4. The van der Waals surface area contributed by atoms with E-state index in [4.69, 9.17) is 9.47 Å². The number of nitrogens with zero attached hydrogens (tertiary/aromatic N) is 3. The minimum absolute atomic E-state index is 0.0600. The lowest BCUT2D eigenvalue weighted by Gasteiger charge is -2.34. The van der Waals surface area contributed by atoms with Crippen LogP contribution >= 0.6 is 0 Å². The molecule has 2 aromatic rings. The van der Waals surface area contributed by atoms with Crippen LogP contribution < -0.4 is 4.74 Å². The Labute approximate surface area is 165 Å². The third kappa shape index (κ3) is 5.89. The summed E-state index contributed by atoms with van der Waals surface area (Å²) in [5, 5.41) is 14.7. The number of morpholine rings is 1. The Morgan fingerprint density at radius 1 is 1.39 bits per heavy atom. The van der Waals surface area contributed by atoms with Crippen LogP contribution in [0.4, 0.5) is 0 Å². The number of β-amino-alcohol motifs (C(OH)–C–C–N with tert-alkyl or cyclic N) is 1. The molecule has 1 aromatic heterocycles. The summed E-state index contributed by atoms with van der Waals surface area (Å²) in [5.41, 5.74) is 1.81. The van der Waals surface area contributed by atoms with E-state index in [0.717, 1.165) is 18.7 Å². The fourth-order valence-corrected chi connectivity index (χ4v) is 3.32. The molecule has 0 bridgehead atoms. The molecule has 1 aromatic carbocycles. The molecule has 1 aliphatic rings. The van der Waals surface area contributed by atoms with Crippen molar-refractivity contribution in [3.8, 4) is 5.75 Å². The van der Waals surface area contributed by atoms with Gasteiger partial charge in [-0.05, 0) is 36.8 Å². The number of carbonyl (C=O) groups is 1. The number of hydrogen-bond acceptors (Lipinski definition) is 6. The largest absolute Gasteiger partial charge is 0.491 e.